The van der Waals surface area contributed by atoms with Gasteiger partial charge in [0.15, 0.2) is 0 Å². The van der Waals surface area contributed by atoms with Crippen LogP contribution >= 0.6 is 0 Å². The van der Waals surface area contributed by atoms with Crippen LogP contribution in [0.25, 0.3) is 0 Å². The van der Waals surface area contributed by atoms with Crippen LogP contribution in [0, 0.1) is 11.8 Å². The number of hydrogen-bond acceptors (Lipinski definition) is 3. The van der Waals surface area contributed by atoms with E-state index in [1.54, 1.807) is 4.90 Å². The van der Waals surface area contributed by atoms with E-state index in [0.717, 1.165) is 25.2 Å². The lowest BCUT2D eigenvalue weighted by atomic mass is 10.1. The quantitative estimate of drug-likeness (QED) is 0.824. The van der Waals surface area contributed by atoms with Crippen LogP contribution in [0.2, 0.25) is 0 Å². The van der Waals surface area contributed by atoms with Crippen molar-refractivity contribution in [2.45, 2.75) is 13.0 Å². The molecule has 1 amide bonds. The molecule has 2 rings (SSSR count). The van der Waals surface area contributed by atoms with E-state index >= 15 is 0 Å². The summed E-state index contributed by atoms with van der Waals surface area (Å²) in [4.78, 5) is 15.6. The molecular weight excluding hydrogens is 252 g/mol. The number of aliphatic hydroxyl groups is 1. The van der Waals surface area contributed by atoms with Crippen LogP contribution in [0.15, 0.2) is 24.3 Å². The molecule has 1 aliphatic rings. The van der Waals surface area contributed by atoms with Gasteiger partial charge in [-0.15, -0.1) is 0 Å². The van der Waals surface area contributed by atoms with Crippen molar-refractivity contribution in [2.24, 2.45) is 0 Å². The largest absolute Gasteiger partial charge is 0.395 e. The average molecular weight is 272 g/mol. The second kappa shape index (κ2) is 7.09. The third-order valence-corrected chi connectivity index (χ3v) is 3.37. The topological polar surface area (TPSA) is 43.8 Å². The van der Waals surface area contributed by atoms with Gasteiger partial charge in [0.1, 0.15) is 0 Å². The summed E-state index contributed by atoms with van der Waals surface area (Å²) in [6, 6.07) is 8.06. The summed E-state index contributed by atoms with van der Waals surface area (Å²) < 4.78 is 0. The Hall–Kier alpha value is -1.83. The Morgan fingerprint density at radius 1 is 1.25 bits per heavy atom. The number of amides is 1. The van der Waals surface area contributed by atoms with Crippen molar-refractivity contribution < 1.29 is 9.90 Å². The number of carbonyl (C=O) groups is 1. The predicted molar refractivity (Wildman–Crippen MR) is 77.9 cm³/mol. The first-order chi connectivity index (χ1) is 9.69. The van der Waals surface area contributed by atoms with Crippen LogP contribution in [-0.2, 0) is 11.3 Å². The average Bonchev–Trinajstić information content (AvgIpc) is 2.45. The highest BCUT2D eigenvalue weighted by Gasteiger charge is 2.20. The Morgan fingerprint density at radius 2 is 2.00 bits per heavy atom. The van der Waals surface area contributed by atoms with Gasteiger partial charge in [-0.25, -0.2) is 0 Å². The Labute approximate surface area is 120 Å². The first-order valence-corrected chi connectivity index (χ1v) is 6.84. The summed E-state index contributed by atoms with van der Waals surface area (Å²) in [5.74, 6) is 6.09. The molecule has 0 bridgehead atoms. The highest BCUT2D eigenvalue weighted by Crippen LogP contribution is 2.09. The second-order valence-electron chi connectivity index (χ2n) is 5.00. The first-order valence-electron chi connectivity index (χ1n) is 6.84. The molecule has 106 valence electrons. The highest BCUT2D eigenvalue weighted by molar-refractivity contribution is 5.78. The van der Waals surface area contributed by atoms with Gasteiger partial charge in [-0.3, -0.25) is 9.69 Å². The SMILES string of the molecule is CN1CCN(Cc2ccc(C#CCCO)cc2)CC1=O. The molecule has 1 aromatic rings. The maximum atomic E-state index is 11.6. The van der Waals surface area contributed by atoms with Gasteiger partial charge in [0.2, 0.25) is 5.91 Å². The molecule has 0 saturated carbocycles. The Bertz CT molecular complexity index is 514. The fourth-order valence-corrected chi connectivity index (χ4v) is 2.11. The number of aliphatic hydroxyl groups excluding tert-OH is 1. The van der Waals surface area contributed by atoms with Gasteiger partial charge in [0.05, 0.1) is 13.2 Å². The van der Waals surface area contributed by atoms with Crippen molar-refractivity contribution in [2.75, 3.05) is 33.3 Å². The second-order valence-corrected chi connectivity index (χ2v) is 5.00. The smallest absolute Gasteiger partial charge is 0.236 e. The number of benzene rings is 1. The molecule has 1 saturated heterocycles. The van der Waals surface area contributed by atoms with Crippen molar-refractivity contribution in [3.8, 4) is 11.8 Å². The third kappa shape index (κ3) is 4.09. The molecule has 20 heavy (non-hydrogen) atoms. The predicted octanol–water partition coefficient (Wildman–Crippen LogP) is 0.694. The van der Waals surface area contributed by atoms with E-state index in [9.17, 15) is 4.79 Å². The van der Waals surface area contributed by atoms with Crippen LogP contribution in [0.4, 0.5) is 0 Å². The summed E-state index contributed by atoms with van der Waals surface area (Å²) >= 11 is 0. The fourth-order valence-electron chi connectivity index (χ4n) is 2.11. The number of rotatable bonds is 3. The summed E-state index contributed by atoms with van der Waals surface area (Å²) in [5, 5.41) is 8.67. The first kappa shape index (κ1) is 14.6. The van der Waals surface area contributed by atoms with Gasteiger partial charge in [-0.1, -0.05) is 24.0 Å². The lowest BCUT2D eigenvalue weighted by Gasteiger charge is -2.31. The van der Waals surface area contributed by atoms with Crippen LogP contribution < -0.4 is 0 Å². The Morgan fingerprint density at radius 3 is 2.65 bits per heavy atom. The molecule has 1 aliphatic heterocycles. The molecule has 1 aromatic carbocycles. The molecule has 1 fully saturated rings. The monoisotopic (exact) mass is 272 g/mol. The van der Waals surface area contributed by atoms with E-state index in [-0.39, 0.29) is 12.5 Å². The normalized spacial score (nSPS) is 15.9. The van der Waals surface area contributed by atoms with Crippen LogP contribution in [-0.4, -0.2) is 54.1 Å². The molecule has 0 spiro atoms. The molecule has 0 radical (unpaired) electrons. The molecule has 1 N–H and O–H groups in total. The van der Waals surface area contributed by atoms with Gasteiger partial charge in [0.25, 0.3) is 0 Å². The van der Waals surface area contributed by atoms with Gasteiger partial charge in [0, 0.05) is 38.7 Å². The maximum Gasteiger partial charge on any atom is 0.236 e. The van der Waals surface area contributed by atoms with E-state index in [0.29, 0.717) is 13.0 Å². The molecule has 0 unspecified atom stereocenters. The van der Waals surface area contributed by atoms with E-state index in [2.05, 4.69) is 16.7 Å². The van der Waals surface area contributed by atoms with Crippen molar-refractivity contribution in [3.05, 3.63) is 35.4 Å². The zero-order valence-corrected chi connectivity index (χ0v) is 11.8. The highest BCUT2D eigenvalue weighted by atomic mass is 16.2. The van der Waals surface area contributed by atoms with Gasteiger partial charge >= 0.3 is 0 Å². The van der Waals surface area contributed by atoms with Crippen LogP contribution in [0.5, 0.6) is 0 Å². The molecular formula is C16H20N2O2. The van der Waals surface area contributed by atoms with Gasteiger partial charge in [-0.2, -0.15) is 0 Å². The lowest BCUT2D eigenvalue weighted by Crippen LogP contribution is -2.47. The third-order valence-electron chi connectivity index (χ3n) is 3.37. The summed E-state index contributed by atoms with van der Waals surface area (Å²) in [7, 11) is 1.85. The van der Waals surface area contributed by atoms with E-state index < -0.39 is 0 Å². The van der Waals surface area contributed by atoms with Gasteiger partial charge in [-0.05, 0) is 17.7 Å². The zero-order chi connectivity index (χ0) is 14.4. The Kier molecular flexibility index (Phi) is 5.16. The number of piperazine rings is 1. The Balaban J connectivity index is 1.91. The minimum absolute atomic E-state index is 0.0997. The zero-order valence-electron chi connectivity index (χ0n) is 11.8. The molecule has 0 aliphatic carbocycles. The maximum absolute atomic E-state index is 11.6. The summed E-state index contributed by atoms with van der Waals surface area (Å²) in [5.41, 5.74) is 2.15. The van der Waals surface area contributed by atoms with E-state index in [1.807, 2.05) is 31.3 Å². The van der Waals surface area contributed by atoms with Crippen molar-refractivity contribution in [1.29, 1.82) is 0 Å². The van der Waals surface area contributed by atoms with Gasteiger partial charge < -0.3 is 10.0 Å². The van der Waals surface area contributed by atoms with Crippen molar-refractivity contribution in [3.63, 3.8) is 0 Å². The number of carbonyl (C=O) groups excluding carboxylic acids is 1. The standard InChI is InChI=1S/C16H20N2O2/c1-17-9-10-18(13-16(17)20)12-15-7-5-14(6-8-15)4-2-3-11-19/h5-8,19H,3,9-13H2,1H3. The van der Waals surface area contributed by atoms with Crippen LogP contribution in [0.1, 0.15) is 17.5 Å². The summed E-state index contributed by atoms with van der Waals surface area (Å²) in [6.45, 7) is 3.10. The van der Waals surface area contributed by atoms with Crippen molar-refractivity contribution in [1.82, 2.24) is 9.80 Å². The minimum atomic E-state index is 0.0997. The fraction of sp³-hybridized carbons (Fsp3) is 0.438. The van der Waals surface area contributed by atoms with E-state index in [4.69, 9.17) is 5.11 Å². The van der Waals surface area contributed by atoms with Crippen molar-refractivity contribution >= 4 is 5.91 Å². The van der Waals surface area contributed by atoms with E-state index in [1.165, 1.54) is 5.56 Å². The summed E-state index contributed by atoms with van der Waals surface area (Å²) in [6.07, 6.45) is 0.505. The minimum Gasteiger partial charge on any atom is -0.395 e. The molecule has 4 nitrogen and oxygen atoms in total. The number of likely N-dealkylation sites (N-methyl/N-ethyl adjacent to an activating group) is 1. The molecule has 0 aromatic heterocycles. The number of nitrogens with zero attached hydrogens (tertiary/aromatic N) is 2. The molecule has 4 heteroatoms. The molecule has 1 heterocycles. The molecule has 0 atom stereocenters. The lowest BCUT2D eigenvalue weighted by molar-refractivity contribution is -0.134. The van der Waals surface area contributed by atoms with Crippen LogP contribution in [0.3, 0.4) is 0 Å². The number of hydrogen-bond donors (Lipinski definition) is 1.